The van der Waals surface area contributed by atoms with Gasteiger partial charge in [0.1, 0.15) is 0 Å². The Morgan fingerprint density at radius 2 is 0.784 bits per heavy atom. The number of fused-ring (bicyclic) bond motifs is 2. The number of hydrogen-bond donors (Lipinski definition) is 0. The summed E-state index contributed by atoms with van der Waals surface area (Å²) in [7, 11) is 16.8. The Morgan fingerprint density at radius 1 is 0.514 bits per heavy atom. The first-order valence-electron chi connectivity index (χ1n) is 12.0. The van der Waals surface area contributed by atoms with Crippen LogP contribution in [-0.2, 0) is 36.1 Å². The topological polar surface area (TPSA) is 59.1 Å². The molecule has 0 atom stereocenters. The van der Waals surface area contributed by atoms with Crippen LogP contribution in [0.1, 0.15) is 22.3 Å². The summed E-state index contributed by atoms with van der Waals surface area (Å²) >= 11 is -10.9. The first-order chi connectivity index (χ1) is 17.6. The van der Waals surface area contributed by atoms with Crippen molar-refractivity contribution in [1.82, 2.24) is 19.6 Å². The third-order valence-electron chi connectivity index (χ3n) is 5.41. The van der Waals surface area contributed by atoms with Gasteiger partial charge >= 0.3 is 254 Å². The molecule has 2 saturated heterocycles. The van der Waals surface area contributed by atoms with E-state index in [0.29, 0.717) is 0 Å². The predicted octanol–water partition coefficient (Wildman–Crippen LogP) is 0.104. The van der Waals surface area contributed by atoms with E-state index in [0.717, 1.165) is 26.2 Å². The van der Waals surface area contributed by atoms with Gasteiger partial charge in [0.15, 0.2) is 0 Å². The van der Waals surface area contributed by atoms with Crippen LogP contribution in [0.15, 0.2) is 36.4 Å². The van der Waals surface area contributed by atoms with E-state index < -0.39 is 76.6 Å². The Bertz CT molecular complexity index is 916. The van der Waals surface area contributed by atoms with Gasteiger partial charge in [0, 0.05) is 0 Å². The summed E-state index contributed by atoms with van der Waals surface area (Å²) < 4.78 is 35.6. The van der Waals surface area contributed by atoms with Gasteiger partial charge in [-0.3, -0.25) is 0 Å². The van der Waals surface area contributed by atoms with E-state index in [1.807, 2.05) is 0 Å². The first-order valence-corrected chi connectivity index (χ1v) is 25.8. The van der Waals surface area contributed by atoms with Crippen LogP contribution in [0.2, 0.25) is 0 Å². The molecule has 0 radical (unpaired) electrons. The molecule has 0 N–H and O–H groups in total. The molecule has 2 bridgehead atoms. The molecule has 4 rings (SSSR count). The van der Waals surface area contributed by atoms with Crippen LogP contribution in [0, 0.1) is 0 Å². The van der Waals surface area contributed by atoms with Crippen LogP contribution in [-0.4, -0.2) is 153 Å². The zero-order valence-electron chi connectivity index (χ0n) is 22.9. The SMILES string of the molecule is CN(C)Cc1cccc(CN(C)C)[c]1[Bi]1[O][As]2O[As]([O]1)[O][Bi]([c]1c(CN(C)C)cccc1CN(C)C)[O]2. The number of rotatable bonds is 10. The van der Waals surface area contributed by atoms with Crippen LogP contribution in [0.5, 0.6) is 0 Å². The molecule has 2 aliphatic rings. The third kappa shape index (κ3) is 8.49. The van der Waals surface area contributed by atoms with E-state index >= 15 is 0 Å². The van der Waals surface area contributed by atoms with Gasteiger partial charge in [0.05, 0.1) is 0 Å². The quantitative estimate of drug-likeness (QED) is 0.309. The molecule has 0 spiro atoms. The van der Waals surface area contributed by atoms with Gasteiger partial charge in [-0.15, -0.1) is 0 Å². The van der Waals surface area contributed by atoms with Gasteiger partial charge < -0.3 is 0 Å². The molecule has 0 saturated carbocycles. The summed E-state index contributed by atoms with van der Waals surface area (Å²) in [6, 6.07) is 13.1. The fourth-order valence-corrected chi connectivity index (χ4v) is 62.6. The molecule has 2 aromatic rings. The van der Waals surface area contributed by atoms with Gasteiger partial charge in [0.25, 0.3) is 0 Å². The molecule has 2 aliphatic heterocycles. The summed E-state index contributed by atoms with van der Waals surface area (Å²) in [5.41, 5.74) is 5.15. The normalized spacial score (nSPS) is 21.1. The molecule has 0 aromatic heterocycles. The minimum atomic E-state index is -3.04. The van der Waals surface area contributed by atoms with Crippen molar-refractivity contribution in [1.29, 1.82) is 0 Å². The van der Waals surface area contributed by atoms with Crippen LogP contribution in [0.3, 0.4) is 0 Å². The molecule has 2 heterocycles. The fraction of sp³-hybridized carbons (Fsp3) is 0.500. The maximum atomic E-state index is 6.71. The van der Waals surface area contributed by atoms with E-state index in [2.05, 4.69) is 112 Å². The number of hydrogen-bond acceptors (Lipinski definition) is 9. The Labute approximate surface area is 251 Å². The van der Waals surface area contributed by atoms with Crippen molar-refractivity contribution < 1.29 is 9.92 Å². The second-order valence-corrected chi connectivity index (χ2v) is 36.2. The van der Waals surface area contributed by atoms with Crippen LogP contribution >= 0.6 is 0 Å². The zero-order chi connectivity index (χ0) is 26.7. The molecule has 0 unspecified atom stereocenters. The molecule has 13 heteroatoms. The third-order valence-corrected chi connectivity index (χ3v) is 41.3. The molecule has 2 fully saturated rings. The summed E-state index contributed by atoms with van der Waals surface area (Å²) in [4.78, 5) is 8.80. The summed E-state index contributed by atoms with van der Waals surface area (Å²) in [6.07, 6.45) is 0. The van der Waals surface area contributed by atoms with Crippen molar-refractivity contribution >= 4 is 83.2 Å². The van der Waals surface area contributed by atoms with Gasteiger partial charge in [0.2, 0.25) is 0 Å². The summed E-state index contributed by atoms with van der Waals surface area (Å²) in [5.74, 6) is 0. The maximum absolute atomic E-state index is 6.71. The van der Waals surface area contributed by atoms with Crippen molar-refractivity contribution in [2.24, 2.45) is 0 Å². The summed E-state index contributed by atoms with van der Waals surface area (Å²) in [5, 5.41) is 0. The Hall–Kier alpha value is 0.963. The monoisotopic (exact) mass is 1030 g/mol. The second-order valence-electron chi connectivity index (χ2n) is 10.2. The number of benzene rings is 2. The van der Waals surface area contributed by atoms with Crippen molar-refractivity contribution in [2.45, 2.75) is 26.2 Å². The van der Waals surface area contributed by atoms with Crippen molar-refractivity contribution in [2.75, 3.05) is 56.4 Å². The second kappa shape index (κ2) is 14.2. The van der Waals surface area contributed by atoms with Crippen molar-refractivity contribution in [3.8, 4) is 0 Å². The Balaban J connectivity index is 1.62. The average molecular weight is 1030 g/mol. The molecule has 0 aliphatic carbocycles. The average Bonchev–Trinajstić information content (AvgIpc) is 2.77. The van der Waals surface area contributed by atoms with E-state index in [1.54, 1.807) is 0 Å². The van der Waals surface area contributed by atoms with Crippen molar-refractivity contribution in [3.63, 3.8) is 0 Å². The predicted molar refractivity (Wildman–Crippen MR) is 150 cm³/mol. The fourth-order valence-electron chi connectivity index (χ4n) is 4.21. The molecule has 0 amide bonds. The van der Waals surface area contributed by atoms with E-state index in [1.165, 1.54) is 28.8 Å². The van der Waals surface area contributed by atoms with Gasteiger partial charge in [-0.1, -0.05) is 0 Å². The minimum absolute atomic E-state index is 0.852. The van der Waals surface area contributed by atoms with E-state index in [9.17, 15) is 0 Å². The standard InChI is InChI=1S/2C12H19N2.As2O5.2Bi/c2*1-13(2)9-11-6-5-7-12(8-11)10-14(3)4;3-1(4)7-2(5)6;;/h2*5-7H,9-10H2,1-4H3;;;/q;;-4;2*+2. The Kier molecular flexibility index (Phi) is 11.9. The molecule has 9 nitrogen and oxygen atoms in total. The molecule has 204 valence electrons. The van der Waals surface area contributed by atoms with Crippen molar-refractivity contribution in [3.05, 3.63) is 58.7 Å². The summed E-state index contributed by atoms with van der Waals surface area (Å²) in [6.45, 7) is 3.41. The van der Waals surface area contributed by atoms with Crippen LogP contribution < -0.4 is 6.54 Å². The molecule has 37 heavy (non-hydrogen) atoms. The van der Waals surface area contributed by atoms with Gasteiger partial charge in [-0.2, -0.15) is 0 Å². The first kappa shape index (κ1) is 30.9. The molecular weight excluding hydrogens is 992 g/mol. The zero-order valence-corrected chi connectivity index (χ0v) is 33.6. The van der Waals surface area contributed by atoms with Crippen LogP contribution in [0.4, 0.5) is 0 Å². The van der Waals surface area contributed by atoms with E-state index in [4.69, 9.17) is 9.92 Å². The molecular formula is C24H38As2Bi2N4O5. The van der Waals surface area contributed by atoms with Crippen LogP contribution in [0.25, 0.3) is 0 Å². The van der Waals surface area contributed by atoms with Gasteiger partial charge in [-0.25, -0.2) is 0 Å². The van der Waals surface area contributed by atoms with E-state index in [-0.39, 0.29) is 0 Å². The van der Waals surface area contributed by atoms with Gasteiger partial charge in [-0.05, 0) is 0 Å². The Morgan fingerprint density at radius 3 is 1.03 bits per heavy atom. The molecule has 2 aromatic carbocycles. The number of nitrogens with zero attached hydrogens (tertiary/aromatic N) is 4.